The van der Waals surface area contributed by atoms with Crippen LogP contribution >= 0.6 is 0 Å². The van der Waals surface area contributed by atoms with Gasteiger partial charge in [-0.25, -0.2) is 0 Å². The molecule has 0 radical (unpaired) electrons. The summed E-state index contributed by atoms with van der Waals surface area (Å²) in [5, 5.41) is 19.7. The molecule has 0 saturated heterocycles. The molecule has 5 heteroatoms. The Kier molecular flexibility index (Phi) is 18.4. The van der Waals surface area contributed by atoms with Gasteiger partial charge in [0.2, 0.25) is 5.70 Å². The fraction of sp³-hybridized carbons (Fsp3) is 0.864. The van der Waals surface area contributed by atoms with E-state index in [4.69, 9.17) is 5.11 Å². The Hall–Kier alpha value is -1.39. The van der Waals surface area contributed by atoms with Gasteiger partial charge < -0.3 is 5.11 Å². The average Bonchev–Trinajstić information content (AvgIpc) is 2.63. The van der Waals surface area contributed by atoms with Crippen molar-refractivity contribution < 1.29 is 14.8 Å². The summed E-state index contributed by atoms with van der Waals surface area (Å²) >= 11 is 0. The number of rotatable bonds is 20. The van der Waals surface area contributed by atoms with Crippen molar-refractivity contribution in [3.05, 3.63) is 21.9 Å². The number of carboxylic acid groups (broad SMARTS) is 1. The number of unbranched alkanes of at least 4 members (excludes halogenated alkanes) is 14. The van der Waals surface area contributed by atoms with Crippen LogP contribution in [0, 0.1) is 10.1 Å². The van der Waals surface area contributed by atoms with Gasteiger partial charge in [-0.2, -0.15) is 0 Å². The van der Waals surface area contributed by atoms with E-state index in [1.54, 1.807) is 0 Å². The van der Waals surface area contributed by atoms with Gasteiger partial charge in [0.05, 0.1) is 4.92 Å². The summed E-state index contributed by atoms with van der Waals surface area (Å²) in [5.74, 6) is -0.698. The van der Waals surface area contributed by atoms with Crippen LogP contribution < -0.4 is 0 Å². The van der Waals surface area contributed by atoms with Crippen LogP contribution in [0.15, 0.2) is 11.8 Å². The van der Waals surface area contributed by atoms with Crippen LogP contribution in [0.1, 0.15) is 122 Å². The summed E-state index contributed by atoms with van der Waals surface area (Å²) in [7, 11) is 0. The minimum Gasteiger partial charge on any atom is -0.481 e. The number of carbonyl (C=O) groups is 1. The van der Waals surface area contributed by atoms with E-state index in [2.05, 4.69) is 6.92 Å². The molecule has 0 atom stereocenters. The maximum Gasteiger partial charge on any atom is 0.303 e. The maximum absolute atomic E-state index is 11.1. The molecule has 0 spiro atoms. The molecule has 0 unspecified atom stereocenters. The third-order valence-corrected chi connectivity index (χ3v) is 5.00. The van der Waals surface area contributed by atoms with E-state index < -0.39 is 5.97 Å². The lowest BCUT2D eigenvalue weighted by molar-refractivity contribution is -0.428. The van der Waals surface area contributed by atoms with Gasteiger partial charge in [0.15, 0.2) is 0 Å². The fourth-order valence-corrected chi connectivity index (χ4v) is 3.28. The molecular formula is C22H41NO4. The van der Waals surface area contributed by atoms with Gasteiger partial charge in [0.25, 0.3) is 0 Å². The van der Waals surface area contributed by atoms with E-state index in [0.29, 0.717) is 18.5 Å². The van der Waals surface area contributed by atoms with Crippen LogP contribution in [0.5, 0.6) is 0 Å². The molecule has 1 N–H and O–H groups in total. The van der Waals surface area contributed by atoms with E-state index in [1.165, 1.54) is 51.4 Å². The van der Waals surface area contributed by atoms with Gasteiger partial charge in [0.1, 0.15) is 0 Å². The lowest BCUT2D eigenvalue weighted by Gasteiger charge is -2.02. The zero-order valence-corrected chi connectivity index (χ0v) is 17.4. The molecule has 0 aliphatic carbocycles. The second kappa shape index (κ2) is 19.4. The van der Waals surface area contributed by atoms with Crippen molar-refractivity contribution in [3.63, 3.8) is 0 Å². The van der Waals surface area contributed by atoms with Crippen molar-refractivity contribution in [1.29, 1.82) is 0 Å². The number of hydrogen-bond acceptors (Lipinski definition) is 3. The predicted molar refractivity (Wildman–Crippen MR) is 111 cm³/mol. The number of allylic oxidation sites excluding steroid dienone is 2. The lowest BCUT2D eigenvalue weighted by atomic mass is 10.0. The predicted octanol–water partition coefficient (Wildman–Crippen LogP) is 7.27. The van der Waals surface area contributed by atoms with E-state index in [-0.39, 0.29) is 4.92 Å². The highest BCUT2D eigenvalue weighted by Gasteiger charge is 2.09. The van der Waals surface area contributed by atoms with Crippen molar-refractivity contribution in [2.24, 2.45) is 0 Å². The van der Waals surface area contributed by atoms with Crippen LogP contribution in [0.3, 0.4) is 0 Å². The smallest absolute Gasteiger partial charge is 0.303 e. The molecule has 0 aliphatic rings. The first-order chi connectivity index (χ1) is 13.1. The normalized spacial score (nSPS) is 11.7. The Morgan fingerprint density at radius 2 is 1.22 bits per heavy atom. The molecule has 5 nitrogen and oxygen atoms in total. The Morgan fingerprint density at radius 3 is 1.70 bits per heavy atom. The van der Waals surface area contributed by atoms with Crippen molar-refractivity contribution in [2.75, 3.05) is 0 Å². The highest BCUT2D eigenvalue weighted by Crippen LogP contribution is 2.15. The molecule has 0 aromatic carbocycles. The first kappa shape index (κ1) is 25.6. The van der Waals surface area contributed by atoms with Gasteiger partial charge in [0, 0.05) is 12.8 Å². The molecule has 0 bridgehead atoms. The number of nitrogens with zero attached hydrogens (tertiary/aromatic N) is 1. The standard InChI is InChI=1S/C22H41NO4/c1-2-3-4-5-12-15-18-21(23(26)27)19-16-13-10-8-6-7-9-11-14-17-20-22(24)25/h19H,2-18,20H2,1H3,(H,24,25). The van der Waals surface area contributed by atoms with Gasteiger partial charge >= 0.3 is 5.97 Å². The summed E-state index contributed by atoms with van der Waals surface area (Å²) in [6.45, 7) is 2.19. The average molecular weight is 384 g/mol. The number of carboxylic acids is 1. The largest absolute Gasteiger partial charge is 0.481 e. The zero-order valence-electron chi connectivity index (χ0n) is 17.4. The molecular weight excluding hydrogens is 342 g/mol. The van der Waals surface area contributed by atoms with Crippen LogP contribution in [0.4, 0.5) is 0 Å². The summed E-state index contributed by atoms with van der Waals surface area (Å²) in [6.07, 6.45) is 20.4. The van der Waals surface area contributed by atoms with E-state index in [1.807, 2.05) is 6.08 Å². The quantitative estimate of drug-likeness (QED) is 0.136. The summed E-state index contributed by atoms with van der Waals surface area (Å²) in [4.78, 5) is 21.3. The SMILES string of the molecule is CCCCCCCCC(=CCCCCCCCCCCCC(=O)O)[N+](=O)[O-]. The van der Waals surface area contributed by atoms with E-state index in [0.717, 1.165) is 51.4 Å². The first-order valence-electron chi connectivity index (χ1n) is 11.1. The Balaban J connectivity index is 3.56. The van der Waals surface area contributed by atoms with E-state index >= 15 is 0 Å². The Bertz CT molecular complexity index is 407. The highest BCUT2D eigenvalue weighted by atomic mass is 16.6. The van der Waals surface area contributed by atoms with Crippen molar-refractivity contribution >= 4 is 5.97 Å². The minimum atomic E-state index is -0.698. The van der Waals surface area contributed by atoms with Crippen LogP contribution in [-0.4, -0.2) is 16.0 Å². The molecule has 0 aromatic heterocycles. The third-order valence-electron chi connectivity index (χ3n) is 5.00. The van der Waals surface area contributed by atoms with Gasteiger partial charge in [-0.3, -0.25) is 14.9 Å². The lowest BCUT2D eigenvalue weighted by Crippen LogP contribution is -1.99. The minimum absolute atomic E-state index is 0.198. The monoisotopic (exact) mass is 383 g/mol. The number of aliphatic carboxylic acids is 1. The van der Waals surface area contributed by atoms with Crippen LogP contribution in [0.2, 0.25) is 0 Å². The molecule has 0 amide bonds. The molecule has 27 heavy (non-hydrogen) atoms. The van der Waals surface area contributed by atoms with Crippen molar-refractivity contribution in [1.82, 2.24) is 0 Å². The topological polar surface area (TPSA) is 80.4 Å². The molecule has 0 fully saturated rings. The van der Waals surface area contributed by atoms with Crippen molar-refractivity contribution in [3.8, 4) is 0 Å². The third kappa shape index (κ3) is 19.2. The van der Waals surface area contributed by atoms with Gasteiger partial charge in [-0.1, -0.05) is 84.0 Å². The molecule has 0 saturated carbocycles. The summed E-state index contributed by atoms with van der Waals surface area (Å²) in [6, 6.07) is 0. The molecule has 0 heterocycles. The van der Waals surface area contributed by atoms with Crippen LogP contribution in [0.25, 0.3) is 0 Å². The molecule has 0 aliphatic heterocycles. The number of nitro groups is 1. The second-order valence-corrected chi connectivity index (χ2v) is 7.58. The van der Waals surface area contributed by atoms with Gasteiger partial charge in [-0.15, -0.1) is 0 Å². The highest BCUT2D eigenvalue weighted by molar-refractivity contribution is 5.66. The molecule has 158 valence electrons. The fourth-order valence-electron chi connectivity index (χ4n) is 3.28. The zero-order chi connectivity index (χ0) is 20.2. The Morgan fingerprint density at radius 1 is 0.778 bits per heavy atom. The molecule has 0 rings (SSSR count). The second-order valence-electron chi connectivity index (χ2n) is 7.58. The van der Waals surface area contributed by atoms with E-state index in [9.17, 15) is 14.9 Å². The number of hydrogen-bond donors (Lipinski definition) is 1. The van der Waals surface area contributed by atoms with Gasteiger partial charge in [-0.05, 0) is 31.8 Å². The molecule has 0 aromatic rings. The summed E-state index contributed by atoms with van der Waals surface area (Å²) in [5.41, 5.74) is 0.409. The van der Waals surface area contributed by atoms with Crippen LogP contribution in [-0.2, 0) is 4.79 Å². The maximum atomic E-state index is 11.1. The summed E-state index contributed by atoms with van der Waals surface area (Å²) < 4.78 is 0. The first-order valence-corrected chi connectivity index (χ1v) is 11.1. The Labute approximate surface area is 165 Å². The van der Waals surface area contributed by atoms with Crippen molar-refractivity contribution in [2.45, 2.75) is 122 Å².